The molecule has 158 valence electrons. The van der Waals surface area contributed by atoms with Crippen LogP contribution in [0.5, 0.6) is 5.75 Å². The van der Waals surface area contributed by atoms with E-state index < -0.39 is 0 Å². The van der Waals surface area contributed by atoms with Crippen LogP contribution in [0.2, 0.25) is 0 Å². The second-order valence-electron chi connectivity index (χ2n) is 7.54. The highest BCUT2D eigenvalue weighted by Gasteiger charge is 2.25. The fraction of sp³-hybridized carbons (Fsp3) is 0.409. The van der Waals surface area contributed by atoms with E-state index in [1.165, 1.54) is 11.8 Å². The summed E-state index contributed by atoms with van der Waals surface area (Å²) in [7, 11) is 1.61. The van der Waals surface area contributed by atoms with E-state index in [-0.39, 0.29) is 23.3 Å². The number of hydrogen-bond acceptors (Lipinski definition) is 6. The average Bonchev–Trinajstić information content (AvgIpc) is 3.35. The number of anilines is 1. The number of thioether (sulfide) groups is 1. The van der Waals surface area contributed by atoms with Crippen molar-refractivity contribution >= 4 is 44.9 Å². The number of aromatic nitrogens is 2. The van der Waals surface area contributed by atoms with Gasteiger partial charge in [-0.15, -0.1) is 11.3 Å². The summed E-state index contributed by atoms with van der Waals surface area (Å²) >= 11 is 2.88. The zero-order valence-electron chi connectivity index (χ0n) is 17.4. The van der Waals surface area contributed by atoms with Crippen molar-refractivity contribution in [1.82, 2.24) is 9.55 Å². The van der Waals surface area contributed by atoms with Gasteiger partial charge in [-0.05, 0) is 56.5 Å². The number of carbonyl (C=O) groups excluding carboxylic acids is 1. The van der Waals surface area contributed by atoms with Crippen LogP contribution in [-0.4, -0.2) is 28.3 Å². The summed E-state index contributed by atoms with van der Waals surface area (Å²) in [6.45, 7) is 4.02. The van der Waals surface area contributed by atoms with Gasteiger partial charge in [-0.1, -0.05) is 24.6 Å². The van der Waals surface area contributed by atoms with Crippen molar-refractivity contribution in [2.45, 2.75) is 50.7 Å². The van der Waals surface area contributed by atoms with Crippen LogP contribution in [0.3, 0.4) is 0 Å². The van der Waals surface area contributed by atoms with Gasteiger partial charge in [-0.3, -0.25) is 14.2 Å². The van der Waals surface area contributed by atoms with E-state index >= 15 is 0 Å². The molecule has 1 aromatic carbocycles. The van der Waals surface area contributed by atoms with Crippen LogP contribution >= 0.6 is 23.1 Å². The molecule has 30 heavy (non-hydrogen) atoms. The lowest BCUT2D eigenvalue weighted by Gasteiger charge is -2.18. The highest BCUT2D eigenvalue weighted by atomic mass is 32.2. The van der Waals surface area contributed by atoms with Gasteiger partial charge < -0.3 is 10.1 Å². The minimum atomic E-state index is -0.129. The molecule has 0 unspecified atom stereocenters. The molecule has 0 saturated heterocycles. The van der Waals surface area contributed by atoms with Gasteiger partial charge >= 0.3 is 0 Å². The number of nitrogens with zero attached hydrogens (tertiary/aromatic N) is 2. The highest BCUT2D eigenvalue weighted by molar-refractivity contribution is 7.99. The molecule has 1 saturated carbocycles. The summed E-state index contributed by atoms with van der Waals surface area (Å²) in [4.78, 5) is 32.6. The van der Waals surface area contributed by atoms with Crippen LogP contribution in [0.15, 0.2) is 34.2 Å². The Kier molecular flexibility index (Phi) is 6.15. The first-order chi connectivity index (χ1) is 14.5. The minimum absolute atomic E-state index is 0.0341. The maximum Gasteiger partial charge on any atom is 0.263 e. The Hall–Kier alpha value is -2.32. The molecule has 0 radical (unpaired) electrons. The van der Waals surface area contributed by atoms with Crippen LogP contribution in [0.25, 0.3) is 10.2 Å². The number of aryl methyl sites for hydroxylation is 2. The van der Waals surface area contributed by atoms with Crippen LogP contribution in [0.4, 0.5) is 5.69 Å². The number of hydrogen-bond donors (Lipinski definition) is 1. The molecular weight excluding hydrogens is 418 g/mol. The quantitative estimate of drug-likeness (QED) is 0.432. The van der Waals surface area contributed by atoms with E-state index in [9.17, 15) is 9.59 Å². The monoisotopic (exact) mass is 443 g/mol. The first-order valence-electron chi connectivity index (χ1n) is 10.1. The van der Waals surface area contributed by atoms with E-state index in [0.29, 0.717) is 10.8 Å². The lowest BCUT2D eigenvalue weighted by atomic mass is 10.2. The van der Waals surface area contributed by atoms with Gasteiger partial charge in [-0.25, -0.2) is 4.98 Å². The second kappa shape index (κ2) is 8.81. The number of benzene rings is 1. The van der Waals surface area contributed by atoms with Gasteiger partial charge in [0.15, 0.2) is 5.16 Å². The summed E-state index contributed by atoms with van der Waals surface area (Å²) in [5, 5.41) is 4.27. The van der Waals surface area contributed by atoms with Gasteiger partial charge in [0.25, 0.3) is 5.56 Å². The van der Waals surface area contributed by atoms with Crippen molar-refractivity contribution in [3.8, 4) is 5.75 Å². The lowest BCUT2D eigenvalue weighted by molar-refractivity contribution is -0.113. The summed E-state index contributed by atoms with van der Waals surface area (Å²) in [6.07, 6.45) is 4.22. The number of thiophene rings is 1. The molecule has 0 atom stereocenters. The van der Waals surface area contributed by atoms with Crippen molar-refractivity contribution in [1.29, 1.82) is 0 Å². The largest absolute Gasteiger partial charge is 0.497 e. The molecule has 0 aliphatic heterocycles. The van der Waals surface area contributed by atoms with Crippen molar-refractivity contribution < 1.29 is 9.53 Å². The third-order valence-corrected chi connectivity index (χ3v) is 7.65. The van der Waals surface area contributed by atoms with Gasteiger partial charge in [0.05, 0.1) is 18.2 Å². The van der Waals surface area contributed by atoms with Gasteiger partial charge in [-0.2, -0.15) is 0 Å². The third-order valence-electron chi connectivity index (χ3n) is 5.60. The van der Waals surface area contributed by atoms with E-state index in [1.807, 2.05) is 18.4 Å². The second-order valence-corrected chi connectivity index (χ2v) is 9.68. The van der Waals surface area contributed by atoms with Gasteiger partial charge in [0, 0.05) is 16.6 Å². The molecule has 1 aliphatic carbocycles. The molecule has 3 aromatic rings. The zero-order valence-corrected chi connectivity index (χ0v) is 19.0. The van der Waals surface area contributed by atoms with Gasteiger partial charge in [0.2, 0.25) is 5.91 Å². The number of carbonyl (C=O) groups is 1. The van der Waals surface area contributed by atoms with Crippen LogP contribution in [-0.2, 0) is 4.79 Å². The Morgan fingerprint density at radius 2 is 1.97 bits per heavy atom. The Balaban J connectivity index is 1.58. The molecule has 6 nitrogen and oxygen atoms in total. The maximum absolute atomic E-state index is 13.4. The van der Waals surface area contributed by atoms with Crippen LogP contribution < -0.4 is 15.6 Å². The molecule has 1 amide bonds. The number of nitrogens with one attached hydrogen (secondary N) is 1. The molecule has 0 bridgehead atoms. The fourth-order valence-electron chi connectivity index (χ4n) is 3.88. The van der Waals surface area contributed by atoms with E-state index in [1.54, 1.807) is 42.7 Å². The molecular formula is C22H25N3O3S2. The normalized spacial score (nSPS) is 14.4. The topological polar surface area (TPSA) is 73.2 Å². The van der Waals surface area contributed by atoms with Crippen molar-refractivity contribution in [2.24, 2.45) is 0 Å². The van der Waals surface area contributed by atoms with E-state index in [2.05, 4.69) is 5.32 Å². The first-order valence-corrected chi connectivity index (χ1v) is 11.9. The number of methoxy groups -OCH3 is 1. The Morgan fingerprint density at radius 1 is 1.27 bits per heavy atom. The number of amides is 1. The summed E-state index contributed by atoms with van der Waals surface area (Å²) in [5.74, 6) is 0.804. The fourth-order valence-corrected chi connectivity index (χ4v) is 5.81. The number of fused-ring (bicyclic) bond motifs is 1. The Morgan fingerprint density at radius 3 is 2.63 bits per heavy atom. The number of rotatable bonds is 6. The molecule has 2 heterocycles. The van der Waals surface area contributed by atoms with Crippen molar-refractivity contribution in [3.05, 3.63) is 45.1 Å². The predicted molar refractivity (Wildman–Crippen MR) is 123 cm³/mol. The molecule has 2 aromatic heterocycles. The molecule has 4 rings (SSSR count). The molecule has 1 N–H and O–H groups in total. The van der Waals surface area contributed by atoms with Crippen LogP contribution in [0, 0.1) is 13.8 Å². The molecule has 8 heteroatoms. The standard InChI is InChI=1S/C22H25N3O3S2/c1-13-14(2)30-20-19(13)21(27)25(16-6-4-5-7-16)22(24-20)29-12-18(26)23-15-8-10-17(28-3)11-9-15/h8-11,16H,4-7,12H2,1-3H3,(H,23,26). The maximum atomic E-state index is 13.4. The molecule has 1 aliphatic rings. The Bertz CT molecular complexity index is 1130. The zero-order chi connectivity index (χ0) is 21.3. The predicted octanol–water partition coefficient (Wildman–Crippen LogP) is 4.93. The highest BCUT2D eigenvalue weighted by Crippen LogP contribution is 2.34. The SMILES string of the molecule is COc1ccc(NC(=O)CSc2nc3sc(C)c(C)c3c(=O)n2C2CCCC2)cc1. The lowest BCUT2D eigenvalue weighted by Crippen LogP contribution is -2.27. The minimum Gasteiger partial charge on any atom is -0.497 e. The first kappa shape index (κ1) is 20.9. The smallest absolute Gasteiger partial charge is 0.263 e. The summed E-state index contributed by atoms with van der Waals surface area (Å²) < 4.78 is 6.99. The van der Waals surface area contributed by atoms with E-state index in [4.69, 9.17) is 9.72 Å². The van der Waals surface area contributed by atoms with E-state index in [0.717, 1.165) is 52.1 Å². The van der Waals surface area contributed by atoms with Gasteiger partial charge in [0.1, 0.15) is 10.6 Å². The van der Waals surface area contributed by atoms with Crippen LogP contribution in [0.1, 0.15) is 42.2 Å². The third kappa shape index (κ3) is 4.11. The summed E-state index contributed by atoms with van der Waals surface area (Å²) in [6, 6.07) is 7.38. The molecule has 1 fully saturated rings. The molecule has 0 spiro atoms. The average molecular weight is 444 g/mol. The summed E-state index contributed by atoms with van der Waals surface area (Å²) in [5.41, 5.74) is 1.77. The Labute approximate surface area is 183 Å². The van der Waals surface area contributed by atoms with Crippen molar-refractivity contribution in [3.63, 3.8) is 0 Å². The number of ether oxygens (including phenoxy) is 1. The van der Waals surface area contributed by atoms with Crippen molar-refractivity contribution in [2.75, 3.05) is 18.2 Å².